The molecule has 4 rings (SSSR count). The van der Waals surface area contributed by atoms with Gasteiger partial charge in [-0.3, -0.25) is 0 Å². The molecule has 3 saturated carbocycles. The van der Waals surface area contributed by atoms with Gasteiger partial charge in [0.05, 0.1) is 0 Å². The monoisotopic (exact) mass is 269 g/mol. The molecule has 0 unspecified atom stereocenters. The van der Waals surface area contributed by atoms with Crippen LogP contribution in [0.15, 0.2) is 6.20 Å². The molecule has 0 spiro atoms. The largest absolute Gasteiger partial charge is 0.477 e. The highest BCUT2D eigenvalue weighted by Crippen LogP contribution is 2.67. The minimum Gasteiger partial charge on any atom is -0.477 e. The fourth-order valence-corrected chi connectivity index (χ4v) is 3.30. The van der Waals surface area contributed by atoms with Crippen LogP contribution in [0, 0.1) is 5.41 Å². The summed E-state index contributed by atoms with van der Waals surface area (Å²) in [5.41, 5.74) is -0.0557. The quantitative estimate of drug-likeness (QED) is 0.710. The molecule has 0 saturated heterocycles. The van der Waals surface area contributed by atoms with Crippen molar-refractivity contribution in [1.82, 2.24) is 9.97 Å². The van der Waals surface area contributed by atoms with Gasteiger partial charge in [-0.05, 0) is 30.9 Å². The van der Waals surface area contributed by atoms with Gasteiger partial charge < -0.3 is 15.5 Å². The molecule has 3 aliphatic carbocycles. The Labute approximate surface area is 108 Å². The van der Waals surface area contributed by atoms with Gasteiger partial charge in [-0.25, -0.2) is 9.78 Å². The lowest BCUT2D eigenvalue weighted by atomic mass is 9.39. The molecular formula is C11H12ClN3O3. The summed E-state index contributed by atoms with van der Waals surface area (Å²) in [6.07, 6.45) is 3.73. The molecule has 0 aromatic carbocycles. The number of aromatic nitrogens is 2. The lowest BCUT2D eigenvalue weighted by Gasteiger charge is -2.70. The van der Waals surface area contributed by atoms with E-state index in [0.717, 1.165) is 19.3 Å². The number of aliphatic hydroxyl groups excluding tert-OH is 1. The summed E-state index contributed by atoms with van der Waals surface area (Å²) in [7, 11) is 0. The van der Waals surface area contributed by atoms with E-state index in [2.05, 4.69) is 15.3 Å². The number of nitrogens with one attached hydrogen (secondary N) is 1. The van der Waals surface area contributed by atoms with Crippen LogP contribution in [0.2, 0.25) is 5.28 Å². The minimum atomic E-state index is -1.09. The maximum atomic E-state index is 11.1. The Bertz CT molecular complexity index is 514. The molecule has 7 heteroatoms. The topological polar surface area (TPSA) is 95.3 Å². The average Bonchev–Trinajstić information content (AvgIpc) is 2.20. The summed E-state index contributed by atoms with van der Waals surface area (Å²) in [6.45, 7) is 0.187. The smallest absolute Gasteiger partial charge is 0.341 e. The van der Waals surface area contributed by atoms with Crippen molar-refractivity contribution in [2.45, 2.75) is 24.8 Å². The number of nitrogens with zero attached hydrogens (tertiary/aromatic N) is 2. The average molecular weight is 270 g/mol. The standard InChI is InChI=1S/C11H12ClN3O3/c12-9-13-1-6(8(17)18)7(14-9)15-11-2-10(3-11,4-11)5-16/h1,16H,2-5H2,(H,17,18)(H,13,14,15). The van der Waals surface area contributed by atoms with Crippen LogP contribution in [-0.4, -0.2) is 38.3 Å². The molecule has 1 aromatic rings. The summed E-state index contributed by atoms with van der Waals surface area (Å²) in [5.74, 6) is -0.827. The fraction of sp³-hybridized carbons (Fsp3) is 0.545. The molecular weight excluding hydrogens is 258 g/mol. The van der Waals surface area contributed by atoms with Crippen molar-refractivity contribution in [3.8, 4) is 0 Å². The molecule has 1 aromatic heterocycles. The second-order valence-corrected chi connectivity index (χ2v) is 5.64. The highest BCUT2D eigenvalue weighted by atomic mass is 35.5. The third-order valence-corrected chi connectivity index (χ3v) is 4.03. The SMILES string of the molecule is O=C(O)c1cnc(Cl)nc1NC12CC(CO)(C1)C2. The zero-order chi connectivity index (χ0) is 13.0. The van der Waals surface area contributed by atoms with Crippen LogP contribution < -0.4 is 5.32 Å². The van der Waals surface area contributed by atoms with Gasteiger partial charge in [-0.15, -0.1) is 0 Å². The van der Waals surface area contributed by atoms with Gasteiger partial charge in [0.15, 0.2) is 0 Å². The predicted octanol–water partition coefficient (Wildman–Crippen LogP) is 1.16. The van der Waals surface area contributed by atoms with E-state index in [0.29, 0.717) is 0 Å². The number of carboxylic acids is 1. The molecule has 6 nitrogen and oxygen atoms in total. The first kappa shape index (κ1) is 11.7. The molecule has 96 valence electrons. The Kier molecular flexibility index (Phi) is 2.30. The van der Waals surface area contributed by atoms with E-state index in [4.69, 9.17) is 16.7 Å². The van der Waals surface area contributed by atoms with Crippen molar-refractivity contribution in [3.05, 3.63) is 17.0 Å². The predicted molar refractivity (Wildman–Crippen MR) is 63.7 cm³/mol. The molecule has 3 aliphatic rings. The molecule has 0 radical (unpaired) electrons. The Hall–Kier alpha value is -1.40. The summed E-state index contributed by atoms with van der Waals surface area (Å²) in [6, 6.07) is 0. The number of halogens is 1. The van der Waals surface area contributed by atoms with E-state index >= 15 is 0 Å². The number of aliphatic hydroxyl groups is 1. The van der Waals surface area contributed by atoms with Gasteiger partial charge in [0.2, 0.25) is 5.28 Å². The molecule has 3 fully saturated rings. The summed E-state index contributed by atoms with van der Waals surface area (Å²) in [4.78, 5) is 18.7. The van der Waals surface area contributed by atoms with Gasteiger partial charge in [-0.2, -0.15) is 4.98 Å². The number of hydrogen-bond donors (Lipinski definition) is 3. The lowest BCUT2D eigenvalue weighted by molar-refractivity contribution is -0.146. The lowest BCUT2D eigenvalue weighted by Crippen LogP contribution is -2.72. The first-order chi connectivity index (χ1) is 8.48. The van der Waals surface area contributed by atoms with Crippen molar-refractivity contribution in [1.29, 1.82) is 0 Å². The van der Waals surface area contributed by atoms with Crippen LogP contribution in [0.3, 0.4) is 0 Å². The number of rotatable bonds is 4. The van der Waals surface area contributed by atoms with E-state index in [1.165, 1.54) is 6.20 Å². The van der Waals surface area contributed by atoms with Crippen molar-refractivity contribution < 1.29 is 15.0 Å². The Morgan fingerprint density at radius 2 is 2.17 bits per heavy atom. The van der Waals surface area contributed by atoms with Gasteiger partial charge in [0.25, 0.3) is 0 Å². The Balaban J connectivity index is 1.82. The first-order valence-electron chi connectivity index (χ1n) is 5.63. The van der Waals surface area contributed by atoms with Crippen LogP contribution in [0.5, 0.6) is 0 Å². The molecule has 1 heterocycles. The normalized spacial score (nSPS) is 32.3. The Morgan fingerprint density at radius 3 is 2.72 bits per heavy atom. The zero-order valence-electron chi connectivity index (χ0n) is 9.48. The van der Waals surface area contributed by atoms with E-state index in [1.54, 1.807) is 0 Å². The van der Waals surface area contributed by atoms with Crippen molar-refractivity contribution in [2.24, 2.45) is 5.41 Å². The second-order valence-electron chi connectivity index (χ2n) is 5.30. The van der Waals surface area contributed by atoms with Gasteiger partial charge in [0.1, 0.15) is 11.4 Å². The number of anilines is 1. The number of carboxylic acid groups (broad SMARTS) is 1. The van der Waals surface area contributed by atoms with E-state index < -0.39 is 5.97 Å². The van der Waals surface area contributed by atoms with Gasteiger partial charge in [0, 0.05) is 23.8 Å². The number of aromatic carboxylic acids is 1. The Morgan fingerprint density at radius 1 is 1.50 bits per heavy atom. The van der Waals surface area contributed by atoms with Crippen molar-refractivity contribution in [3.63, 3.8) is 0 Å². The third kappa shape index (κ3) is 1.56. The molecule has 18 heavy (non-hydrogen) atoms. The van der Waals surface area contributed by atoms with Crippen LogP contribution >= 0.6 is 11.6 Å². The van der Waals surface area contributed by atoms with Crippen molar-refractivity contribution in [2.75, 3.05) is 11.9 Å². The second kappa shape index (κ2) is 3.55. The number of hydrogen-bond acceptors (Lipinski definition) is 5. The van der Waals surface area contributed by atoms with Gasteiger partial charge in [-0.1, -0.05) is 0 Å². The third-order valence-electron chi connectivity index (χ3n) is 3.85. The molecule has 0 aliphatic heterocycles. The van der Waals surface area contributed by atoms with Crippen LogP contribution in [0.4, 0.5) is 5.82 Å². The zero-order valence-corrected chi connectivity index (χ0v) is 10.2. The van der Waals surface area contributed by atoms with Crippen LogP contribution in [0.25, 0.3) is 0 Å². The highest BCUT2D eigenvalue weighted by Gasteiger charge is 2.67. The summed E-state index contributed by atoms with van der Waals surface area (Å²) in [5, 5.41) is 21.4. The van der Waals surface area contributed by atoms with E-state index in [9.17, 15) is 9.90 Å². The maximum absolute atomic E-state index is 11.1. The maximum Gasteiger partial charge on any atom is 0.341 e. The van der Waals surface area contributed by atoms with Crippen molar-refractivity contribution >= 4 is 23.4 Å². The van der Waals surface area contributed by atoms with Gasteiger partial charge >= 0.3 is 5.97 Å². The minimum absolute atomic E-state index is 0.0159. The van der Waals surface area contributed by atoms with E-state index in [-0.39, 0.29) is 34.2 Å². The molecule has 0 amide bonds. The molecule has 2 bridgehead atoms. The highest BCUT2D eigenvalue weighted by molar-refractivity contribution is 6.28. The fourth-order valence-electron chi connectivity index (χ4n) is 3.16. The van der Waals surface area contributed by atoms with Crippen LogP contribution in [-0.2, 0) is 0 Å². The summed E-state index contributed by atoms with van der Waals surface area (Å²) < 4.78 is 0. The first-order valence-corrected chi connectivity index (χ1v) is 6.00. The molecule has 3 N–H and O–H groups in total. The summed E-state index contributed by atoms with van der Waals surface area (Å²) >= 11 is 5.68. The van der Waals surface area contributed by atoms with Crippen LogP contribution in [0.1, 0.15) is 29.6 Å². The number of carbonyl (C=O) groups is 1. The molecule has 0 atom stereocenters. The van der Waals surface area contributed by atoms with E-state index in [1.807, 2.05) is 0 Å².